The Hall–Kier alpha value is -2.77. The van der Waals surface area contributed by atoms with E-state index in [1.54, 1.807) is 0 Å². The van der Waals surface area contributed by atoms with Gasteiger partial charge in [-0.3, -0.25) is 38.7 Å². The van der Waals surface area contributed by atoms with Gasteiger partial charge in [0.05, 0.1) is 32.7 Å². The lowest BCUT2D eigenvalue weighted by Crippen LogP contribution is -2.46. The van der Waals surface area contributed by atoms with Gasteiger partial charge >= 0.3 is 17.9 Å². The Morgan fingerprint density at radius 1 is 0.519 bits per heavy atom. The molecule has 0 fully saturated rings. The Balaban J connectivity index is 4.85. The van der Waals surface area contributed by atoms with Crippen LogP contribution in [-0.2, 0) is 24.0 Å². The fourth-order valence-corrected chi connectivity index (χ4v) is 2.28. The van der Waals surface area contributed by atoms with E-state index in [0.717, 1.165) is 4.90 Å². The molecule has 0 atom stereocenters. The molecule has 0 aliphatic rings. The Labute approximate surface area is 155 Å². The average molecular weight is 391 g/mol. The average Bonchev–Trinajstić information content (AvgIpc) is 2.46. The molecule has 0 heterocycles. The number of carboxylic acids is 3. The van der Waals surface area contributed by atoms with Crippen LogP contribution in [0.1, 0.15) is 0 Å². The molecule has 0 radical (unpaired) electrons. The van der Waals surface area contributed by atoms with Crippen LogP contribution in [-0.4, -0.2) is 119 Å². The summed E-state index contributed by atoms with van der Waals surface area (Å²) >= 11 is 0. The van der Waals surface area contributed by atoms with Crippen molar-refractivity contribution in [2.24, 2.45) is 11.5 Å². The summed E-state index contributed by atoms with van der Waals surface area (Å²) in [5.41, 5.74) is 10.2. The first-order valence-corrected chi connectivity index (χ1v) is 7.88. The zero-order chi connectivity index (χ0) is 21.0. The summed E-state index contributed by atoms with van der Waals surface area (Å²) < 4.78 is 0. The molecule has 0 saturated heterocycles. The summed E-state index contributed by atoms with van der Waals surface area (Å²) in [6.07, 6.45) is 0. The van der Waals surface area contributed by atoms with Crippen LogP contribution in [0.2, 0.25) is 0 Å². The van der Waals surface area contributed by atoms with E-state index < -0.39 is 49.4 Å². The van der Waals surface area contributed by atoms with E-state index in [4.69, 9.17) is 26.8 Å². The van der Waals surface area contributed by atoms with Gasteiger partial charge in [0, 0.05) is 26.2 Å². The smallest absolute Gasteiger partial charge is 0.317 e. The van der Waals surface area contributed by atoms with Gasteiger partial charge in [0.2, 0.25) is 11.8 Å². The number of rotatable bonds is 16. The Kier molecular flexibility index (Phi) is 11.3. The van der Waals surface area contributed by atoms with Gasteiger partial charge in [-0.1, -0.05) is 0 Å². The minimum absolute atomic E-state index is 0.0284. The molecular weight excluding hydrogens is 366 g/mol. The molecular formula is C14H25N5O8. The third kappa shape index (κ3) is 14.1. The number of hydrogen-bond donors (Lipinski definition) is 5. The number of carbonyl (C=O) groups excluding carboxylic acids is 2. The van der Waals surface area contributed by atoms with Crippen LogP contribution in [0.4, 0.5) is 0 Å². The van der Waals surface area contributed by atoms with Gasteiger partial charge in [-0.2, -0.15) is 0 Å². The Morgan fingerprint density at radius 2 is 0.778 bits per heavy atom. The van der Waals surface area contributed by atoms with Crippen LogP contribution >= 0.6 is 0 Å². The topological polar surface area (TPSA) is 208 Å². The number of nitrogens with zero attached hydrogens (tertiary/aromatic N) is 3. The first kappa shape index (κ1) is 24.2. The number of amides is 2. The fraction of sp³-hybridized carbons (Fsp3) is 0.643. The summed E-state index contributed by atoms with van der Waals surface area (Å²) in [5, 5.41) is 26.5. The molecule has 0 aromatic rings. The van der Waals surface area contributed by atoms with Crippen LogP contribution in [0.3, 0.4) is 0 Å². The second kappa shape index (κ2) is 12.6. The van der Waals surface area contributed by atoms with Gasteiger partial charge in [-0.05, 0) is 0 Å². The zero-order valence-corrected chi connectivity index (χ0v) is 14.7. The molecule has 0 unspecified atom stereocenters. The van der Waals surface area contributed by atoms with Gasteiger partial charge in [-0.25, -0.2) is 0 Å². The van der Waals surface area contributed by atoms with Crippen LogP contribution in [0.25, 0.3) is 0 Å². The van der Waals surface area contributed by atoms with Gasteiger partial charge in [-0.15, -0.1) is 0 Å². The highest BCUT2D eigenvalue weighted by Crippen LogP contribution is 1.96. The van der Waals surface area contributed by atoms with Crippen LogP contribution in [0.5, 0.6) is 0 Å². The first-order valence-electron chi connectivity index (χ1n) is 7.88. The summed E-state index contributed by atoms with van der Waals surface area (Å²) in [7, 11) is 0. The SMILES string of the molecule is NC(=O)CN(CCN(CC(N)=O)CC(=O)O)CCN(CC(=O)O)CC(=O)O. The van der Waals surface area contributed by atoms with Crippen LogP contribution in [0.15, 0.2) is 0 Å². The molecule has 0 aliphatic heterocycles. The highest BCUT2D eigenvalue weighted by atomic mass is 16.4. The number of nitrogens with two attached hydrogens (primary N) is 2. The first-order chi connectivity index (χ1) is 12.5. The molecule has 27 heavy (non-hydrogen) atoms. The maximum atomic E-state index is 11.2. The Morgan fingerprint density at radius 3 is 1.07 bits per heavy atom. The van der Waals surface area contributed by atoms with Crippen molar-refractivity contribution in [3.05, 3.63) is 0 Å². The normalized spacial score (nSPS) is 11.1. The highest BCUT2D eigenvalue weighted by molar-refractivity contribution is 5.77. The number of primary amides is 2. The van der Waals surface area contributed by atoms with Crippen LogP contribution in [0, 0.1) is 0 Å². The lowest BCUT2D eigenvalue weighted by molar-refractivity contribution is -0.142. The maximum absolute atomic E-state index is 11.2. The van der Waals surface area contributed by atoms with E-state index in [1.165, 1.54) is 9.80 Å². The van der Waals surface area contributed by atoms with E-state index in [0.29, 0.717) is 0 Å². The minimum Gasteiger partial charge on any atom is -0.480 e. The molecule has 0 bridgehead atoms. The molecule has 7 N–H and O–H groups in total. The molecule has 0 rings (SSSR count). The van der Waals surface area contributed by atoms with Crippen molar-refractivity contribution in [3.8, 4) is 0 Å². The van der Waals surface area contributed by atoms with Crippen molar-refractivity contribution in [1.82, 2.24) is 14.7 Å². The Bertz CT molecular complexity index is 484. The van der Waals surface area contributed by atoms with Crippen molar-refractivity contribution in [2.45, 2.75) is 0 Å². The predicted molar refractivity (Wildman–Crippen MR) is 90.6 cm³/mol. The zero-order valence-electron chi connectivity index (χ0n) is 14.7. The van der Waals surface area contributed by atoms with Gasteiger partial charge in [0.25, 0.3) is 0 Å². The highest BCUT2D eigenvalue weighted by Gasteiger charge is 2.18. The summed E-state index contributed by atoms with van der Waals surface area (Å²) in [6, 6.07) is 0. The van der Waals surface area contributed by atoms with Gasteiger partial charge in [0.1, 0.15) is 0 Å². The monoisotopic (exact) mass is 391 g/mol. The van der Waals surface area contributed by atoms with Gasteiger partial charge in [0.15, 0.2) is 0 Å². The molecule has 0 aromatic carbocycles. The maximum Gasteiger partial charge on any atom is 0.317 e. The molecule has 2 amide bonds. The number of aliphatic carboxylic acids is 3. The third-order valence-corrected chi connectivity index (χ3v) is 3.30. The minimum atomic E-state index is -1.20. The molecule has 13 heteroatoms. The third-order valence-electron chi connectivity index (χ3n) is 3.30. The van der Waals surface area contributed by atoms with E-state index in [9.17, 15) is 24.0 Å². The predicted octanol–water partition coefficient (Wildman–Crippen LogP) is -3.88. The second-order valence-electron chi connectivity index (χ2n) is 5.81. The molecule has 0 aliphatic carbocycles. The van der Waals surface area contributed by atoms with E-state index >= 15 is 0 Å². The van der Waals surface area contributed by atoms with Gasteiger partial charge < -0.3 is 26.8 Å². The number of hydrogen-bond acceptors (Lipinski definition) is 8. The molecule has 0 saturated carbocycles. The van der Waals surface area contributed by atoms with Crippen molar-refractivity contribution in [3.63, 3.8) is 0 Å². The molecule has 154 valence electrons. The van der Waals surface area contributed by atoms with Crippen molar-refractivity contribution < 1.29 is 39.3 Å². The van der Waals surface area contributed by atoms with Crippen molar-refractivity contribution >= 4 is 29.7 Å². The molecule has 0 aromatic heterocycles. The van der Waals surface area contributed by atoms with Crippen molar-refractivity contribution in [1.29, 1.82) is 0 Å². The lowest BCUT2D eigenvalue weighted by Gasteiger charge is -2.27. The number of carboxylic acid groups (broad SMARTS) is 3. The van der Waals surface area contributed by atoms with E-state index in [1.807, 2.05) is 0 Å². The second-order valence-corrected chi connectivity index (χ2v) is 5.81. The summed E-state index contributed by atoms with van der Waals surface area (Å²) in [6.45, 7) is -1.56. The largest absolute Gasteiger partial charge is 0.480 e. The standard InChI is InChI=1S/C14H25N5O8/c15-10(20)5-17(1-3-18(6-11(16)21)7-12(22)23)2-4-19(8-13(24)25)9-14(26)27/h1-9H2,(H2,15,20)(H2,16,21)(H,22,23)(H,24,25)(H,26,27). The van der Waals surface area contributed by atoms with Crippen LogP contribution < -0.4 is 11.5 Å². The summed E-state index contributed by atoms with van der Waals surface area (Å²) in [5.74, 6) is -4.95. The fourth-order valence-electron chi connectivity index (χ4n) is 2.28. The van der Waals surface area contributed by atoms with E-state index in [-0.39, 0.29) is 39.3 Å². The molecule has 13 nitrogen and oxygen atoms in total. The summed E-state index contributed by atoms with van der Waals surface area (Å²) in [4.78, 5) is 58.6. The van der Waals surface area contributed by atoms with Crippen molar-refractivity contribution in [2.75, 3.05) is 58.9 Å². The quantitative estimate of drug-likeness (QED) is 0.172. The number of carbonyl (C=O) groups is 5. The lowest BCUT2D eigenvalue weighted by atomic mass is 10.3. The molecule has 0 spiro atoms. The van der Waals surface area contributed by atoms with E-state index in [2.05, 4.69) is 0 Å².